The molecule has 0 bridgehead atoms. The van der Waals surface area contributed by atoms with E-state index in [-0.39, 0.29) is 11.8 Å². The lowest BCUT2D eigenvalue weighted by Gasteiger charge is -2.24. The van der Waals surface area contributed by atoms with Crippen molar-refractivity contribution in [2.75, 3.05) is 0 Å². The van der Waals surface area contributed by atoms with Gasteiger partial charge in [-0.1, -0.05) is 37.5 Å². The fourth-order valence-corrected chi connectivity index (χ4v) is 3.15. The van der Waals surface area contributed by atoms with E-state index in [1.165, 1.54) is 23.1 Å². The average molecular weight is 246 g/mol. The van der Waals surface area contributed by atoms with Crippen LogP contribution in [-0.4, -0.2) is 11.1 Å². The molecular weight excluding hydrogens is 224 g/mol. The number of aryl methyl sites for hydroxylation is 1. The van der Waals surface area contributed by atoms with Crippen LogP contribution in [0.3, 0.4) is 0 Å². The van der Waals surface area contributed by atoms with Crippen molar-refractivity contribution in [3.8, 4) is 0 Å². The van der Waals surface area contributed by atoms with Crippen molar-refractivity contribution in [3.05, 3.63) is 34.9 Å². The summed E-state index contributed by atoms with van der Waals surface area (Å²) in [6.45, 7) is 4.22. The third-order valence-corrected chi connectivity index (χ3v) is 4.38. The monoisotopic (exact) mass is 246 g/mol. The first kappa shape index (κ1) is 13.1. The van der Waals surface area contributed by atoms with Crippen molar-refractivity contribution in [2.45, 2.75) is 51.9 Å². The summed E-state index contributed by atoms with van der Waals surface area (Å²) in [7, 11) is 0. The van der Waals surface area contributed by atoms with Crippen molar-refractivity contribution >= 4 is 5.97 Å². The van der Waals surface area contributed by atoms with E-state index in [2.05, 4.69) is 32.0 Å². The average Bonchev–Trinajstić information content (AvgIpc) is 2.58. The predicted octanol–water partition coefficient (Wildman–Crippen LogP) is 4.05. The summed E-state index contributed by atoms with van der Waals surface area (Å²) in [4.78, 5) is 11.5. The standard InChI is InChI=1S/C16H22O2/c1-11-7-6-10-13(12(11)2)14-8-4-3-5-9-15(14)16(17)18/h6-7,10,14-15H,3-5,8-9H2,1-2H3,(H,17,18). The summed E-state index contributed by atoms with van der Waals surface area (Å²) in [5, 5.41) is 9.46. The Morgan fingerprint density at radius 1 is 1.17 bits per heavy atom. The lowest BCUT2D eigenvalue weighted by atomic mass is 9.80. The smallest absolute Gasteiger partial charge is 0.307 e. The number of carbonyl (C=O) groups is 1. The second-order valence-corrected chi connectivity index (χ2v) is 5.48. The van der Waals surface area contributed by atoms with Crippen LogP contribution < -0.4 is 0 Å². The molecule has 1 aliphatic rings. The predicted molar refractivity (Wildman–Crippen MR) is 72.9 cm³/mol. The van der Waals surface area contributed by atoms with Gasteiger partial charge in [-0.3, -0.25) is 4.79 Å². The third kappa shape index (κ3) is 2.58. The van der Waals surface area contributed by atoms with Gasteiger partial charge in [0, 0.05) is 0 Å². The summed E-state index contributed by atoms with van der Waals surface area (Å²) in [5.74, 6) is -0.624. The van der Waals surface area contributed by atoms with Gasteiger partial charge in [-0.2, -0.15) is 0 Å². The molecule has 1 aliphatic carbocycles. The van der Waals surface area contributed by atoms with Gasteiger partial charge in [0.15, 0.2) is 0 Å². The number of rotatable bonds is 2. The molecule has 0 amide bonds. The lowest BCUT2D eigenvalue weighted by molar-refractivity contribution is -0.142. The van der Waals surface area contributed by atoms with Gasteiger partial charge in [0.25, 0.3) is 0 Å². The van der Waals surface area contributed by atoms with Gasteiger partial charge >= 0.3 is 5.97 Å². The zero-order valence-corrected chi connectivity index (χ0v) is 11.3. The minimum atomic E-state index is -0.622. The van der Waals surface area contributed by atoms with Crippen LogP contribution in [0.1, 0.15) is 54.7 Å². The van der Waals surface area contributed by atoms with E-state index >= 15 is 0 Å². The second kappa shape index (κ2) is 5.55. The van der Waals surface area contributed by atoms with Crippen LogP contribution in [-0.2, 0) is 4.79 Å². The van der Waals surface area contributed by atoms with Crippen LogP contribution in [0.2, 0.25) is 0 Å². The van der Waals surface area contributed by atoms with Gasteiger partial charge in [0.1, 0.15) is 0 Å². The molecule has 0 aromatic heterocycles. The molecule has 1 aromatic rings. The van der Waals surface area contributed by atoms with E-state index in [0.717, 1.165) is 25.7 Å². The van der Waals surface area contributed by atoms with Crippen molar-refractivity contribution in [2.24, 2.45) is 5.92 Å². The molecular formula is C16H22O2. The van der Waals surface area contributed by atoms with Crippen molar-refractivity contribution in [1.29, 1.82) is 0 Å². The minimum Gasteiger partial charge on any atom is -0.481 e. The molecule has 0 heterocycles. The number of carboxylic acid groups (broad SMARTS) is 1. The Labute approximate surface area is 109 Å². The third-order valence-electron chi connectivity index (χ3n) is 4.38. The molecule has 2 nitrogen and oxygen atoms in total. The largest absolute Gasteiger partial charge is 0.481 e. The van der Waals surface area contributed by atoms with Gasteiger partial charge < -0.3 is 5.11 Å². The number of aliphatic carboxylic acids is 1. The van der Waals surface area contributed by atoms with Crippen molar-refractivity contribution < 1.29 is 9.90 Å². The maximum atomic E-state index is 11.5. The van der Waals surface area contributed by atoms with E-state index in [1.54, 1.807) is 0 Å². The van der Waals surface area contributed by atoms with Gasteiger partial charge in [0.05, 0.1) is 5.92 Å². The van der Waals surface area contributed by atoms with E-state index < -0.39 is 5.97 Å². The Hall–Kier alpha value is -1.31. The van der Waals surface area contributed by atoms with Crippen LogP contribution in [0, 0.1) is 19.8 Å². The maximum Gasteiger partial charge on any atom is 0.307 e. The number of hydrogen-bond acceptors (Lipinski definition) is 1. The maximum absolute atomic E-state index is 11.5. The molecule has 1 fully saturated rings. The Balaban J connectivity index is 2.38. The normalized spacial score (nSPS) is 24.6. The minimum absolute atomic E-state index is 0.199. The van der Waals surface area contributed by atoms with Crippen LogP contribution in [0.5, 0.6) is 0 Å². The molecule has 0 saturated heterocycles. The number of carboxylic acids is 1. The zero-order valence-electron chi connectivity index (χ0n) is 11.3. The quantitative estimate of drug-likeness (QED) is 0.799. The first-order valence-electron chi connectivity index (χ1n) is 6.90. The van der Waals surface area contributed by atoms with Crippen LogP contribution in [0.4, 0.5) is 0 Å². The molecule has 2 heteroatoms. The van der Waals surface area contributed by atoms with Crippen molar-refractivity contribution in [3.63, 3.8) is 0 Å². The van der Waals surface area contributed by atoms with E-state index in [0.29, 0.717) is 0 Å². The van der Waals surface area contributed by atoms with Crippen molar-refractivity contribution in [1.82, 2.24) is 0 Å². The zero-order chi connectivity index (χ0) is 13.1. The highest BCUT2D eigenvalue weighted by Crippen LogP contribution is 2.38. The summed E-state index contributed by atoms with van der Waals surface area (Å²) < 4.78 is 0. The summed E-state index contributed by atoms with van der Waals surface area (Å²) in [6, 6.07) is 6.28. The number of benzene rings is 1. The summed E-state index contributed by atoms with van der Waals surface area (Å²) in [6.07, 6.45) is 5.22. The Morgan fingerprint density at radius 2 is 1.89 bits per heavy atom. The molecule has 1 N–H and O–H groups in total. The van der Waals surface area contributed by atoms with E-state index in [9.17, 15) is 9.90 Å². The topological polar surface area (TPSA) is 37.3 Å². The van der Waals surface area contributed by atoms with Gasteiger partial charge in [-0.05, 0) is 49.3 Å². The van der Waals surface area contributed by atoms with Crippen LogP contribution >= 0.6 is 0 Å². The molecule has 2 unspecified atom stereocenters. The van der Waals surface area contributed by atoms with Gasteiger partial charge in [0.2, 0.25) is 0 Å². The first-order chi connectivity index (χ1) is 8.61. The fraction of sp³-hybridized carbons (Fsp3) is 0.562. The van der Waals surface area contributed by atoms with Crippen LogP contribution in [0.25, 0.3) is 0 Å². The molecule has 18 heavy (non-hydrogen) atoms. The van der Waals surface area contributed by atoms with Gasteiger partial charge in [-0.15, -0.1) is 0 Å². The summed E-state index contributed by atoms with van der Waals surface area (Å²) >= 11 is 0. The highest BCUT2D eigenvalue weighted by Gasteiger charge is 2.31. The SMILES string of the molecule is Cc1cccc(C2CCCCCC2C(=O)O)c1C. The summed E-state index contributed by atoms with van der Waals surface area (Å²) in [5.41, 5.74) is 3.79. The molecule has 0 radical (unpaired) electrons. The van der Waals surface area contributed by atoms with E-state index in [4.69, 9.17) is 0 Å². The van der Waals surface area contributed by atoms with E-state index in [1.807, 2.05) is 0 Å². The molecule has 98 valence electrons. The van der Waals surface area contributed by atoms with Gasteiger partial charge in [-0.25, -0.2) is 0 Å². The lowest BCUT2D eigenvalue weighted by Crippen LogP contribution is -2.22. The molecule has 2 atom stereocenters. The molecule has 1 aromatic carbocycles. The number of hydrogen-bond donors (Lipinski definition) is 1. The Morgan fingerprint density at radius 3 is 2.61 bits per heavy atom. The second-order valence-electron chi connectivity index (χ2n) is 5.48. The first-order valence-corrected chi connectivity index (χ1v) is 6.90. The molecule has 1 saturated carbocycles. The molecule has 0 spiro atoms. The molecule has 2 rings (SSSR count). The highest BCUT2D eigenvalue weighted by molar-refractivity contribution is 5.71. The Bertz CT molecular complexity index is 437. The molecule has 0 aliphatic heterocycles. The van der Waals surface area contributed by atoms with Crippen LogP contribution in [0.15, 0.2) is 18.2 Å². The fourth-order valence-electron chi connectivity index (χ4n) is 3.15. The highest BCUT2D eigenvalue weighted by atomic mass is 16.4. The Kier molecular flexibility index (Phi) is 4.05.